The van der Waals surface area contributed by atoms with Gasteiger partial charge < -0.3 is 20.9 Å². The Morgan fingerprint density at radius 1 is 0.946 bits per heavy atom. The second-order valence-electron chi connectivity index (χ2n) is 8.07. The van der Waals surface area contributed by atoms with Crippen LogP contribution in [0.2, 0.25) is 0 Å². The number of hydrogen-bond acceptors (Lipinski definition) is 5. The lowest BCUT2D eigenvalue weighted by atomic mass is 9.98. The molecule has 1 aromatic carbocycles. The average molecular weight is 531 g/mol. The van der Waals surface area contributed by atoms with E-state index in [0.717, 1.165) is 35.0 Å². The molecule has 0 spiro atoms. The summed E-state index contributed by atoms with van der Waals surface area (Å²) in [7, 11) is 1.64. The van der Waals surface area contributed by atoms with Crippen LogP contribution in [0, 0.1) is 6.92 Å². The van der Waals surface area contributed by atoms with Gasteiger partial charge in [-0.1, -0.05) is 6.07 Å². The summed E-state index contributed by atoms with van der Waals surface area (Å²) in [5.41, 5.74) is 8.53. The first-order valence-corrected chi connectivity index (χ1v) is 10.7. The van der Waals surface area contributed by atoms with Crippen molar-refractivity contribution in [3.05, 3.63) is 88.7 Å². The maximum Gasteiger partial charge on any atom is 0.433 e. The lowest BCUT2D eigenvalue weighted by Gasteiger charge is -2.14. The topological polar surface area (TPSA) is 115 Å². The quantitative estimate of drug-likeness (QED) is 0.323. The highest BCUT2D eigenvalue weighted by Gasteiger charge is 2.32. The molecule has 0 atom stereocenters. The fourth-order valence-corrected chi connectivity index (χ4v) is 3.62. The molecule has 0 unspecified atom stereocenters. The summed E-state index contributed by atoms with van der Waals surface area (Å²) >= 11 is 0. The van der Waals surface area contributed by atoms with E-state index < -0.39 is 17.9 Å². The zero-order chi connectivity index (χ0) is 26.0. The monoisotopic (exact) mass is 530 g/mol. The van der Waals surface area contributed by atoms with E-state index in [0.29, 0.717) is 16.8 Å². The van der Waals surface area contributed by atoms with Crippen molar-refractivity contribution >= 4 is 35.6 Å². The maximum absolute atomic E-state index is 12.8. The molecule has 0 fully saturated rings. The van der Waals surface area contributed by atoms with Gasteiger partial charge in [-0.15, -0.1) is 12.4 Å². The molecule has 0 radical (unpaired) electrons. The molecule has 0 bridgehead atoms. The van der Waals surface area contributed by atoms with Gasteiger partial charge in [-0.3, -0.25) is 4.79 Å². The number of hydrogen-bond donors (Lipinski definition) is 3. The van der Waals surface area contributed by atoms with E-state index in [-0.39, 0.29) is 29.5 Å². The molecule has 4 N–H and O–H groups in total. The van der Waals surface area contributed by atoms with Gasteiger partial charge in [0.2, 0.25) is 0 Å². The molecule has 4 aromatic rings. The molecule has 192 valence electrons. The highest BCUT2D eigenvalue weighted by Crippen LogP contribution is 2.30. The Bertz CT molecular complexity index is 1500. The summed E-state index contributed by atoms with van der Waals surface area (Å²) < 4.78 is 39.5. The fourth-order valence-electron chi connectivity index (χ4n) is 3.62. The van der Waals surface area contributed by atoms with E-state index in [9.17, 15) is 22.8 Å². The van der Waals surface area contributed by atoms with Crippen LogP contribution in [0.3, 0.4) is 0 Å². The van der Waals surface area contributed by atoms with Crippen molar-refractivity contribution in [3.8, 4) is 22.3 Å². The number of aryl methyl sites for hydroxylation is 2. The first-order valence-electron chi connectivity index (χ1n) is 10.7. The normalized spacial score (nSPS) is 10.9. The van der Waals surface area contributed by atoms with E-state index in [1.54, 1.807) is 49.6 Å². The molecular weight excluding hydrogens is 509 g/mol. The molecule has 3 aromatic heterocycles. The van der Waals surface area contributed by atoms with Crippen LogP contribution in [0.25, 0.3) is 22.3 Å². The summed E-state index contributed by atoms with van der Waals surface area (Å²) in [6.45, 7) is 1.89. The number of pyridine rings is 3. The SMILES string of the molecule is Cc1ccc(NC(=O)Nc2ccc(C(F)(F)F)nc2)cc1-c1cc(-c2ccnc(N)c2)c(=O)n(C)c1.Cl. The van der Waals surface area contributed by atoms with Gasteiger partial charge in [-0.05, 0) is 71.6 Å². The predicted molar refractivity (Wildman–Crippen MR) is 139 cm³/mol. The number of nitrogens with one attached hydrogen (secondary N) is 2. The Hall–Kier alpha value is -4.38. The number of carbonyl (C=O) groups excluding carboxylic acids is 1. The number of nitrogens with zero attached hydrogens (tertiary/aromatic N) is 3. The van der Waals surface area contributed by atoms with E-state index in [4.69, 9.17) is 5.73 Å². The predicted octanol–water partition coefficient (Wildman–Crippen LogP) is 5.48. The number of urea groups is 1. The minimum absolute atomic E-state index is 0. The number of nitrogen functional groups attached to an aromatic ring is 1. The van der Waals surface area contributed by atoms with Crippen LogP contribution in [0.1, 0.15) is 11.3 Å². The highest BCUT2D eigenvalue weighted by molar-refractivity contribution is 6.00. The minimum Gasteiger partial charge on any atom is -0.384 e. The largest absolute Gasteiger partial charge is 0.433 e. The van der Waals surface area contributed by atoms with Crippen molar-refractivity contribution in [3.63, 3.8) is 0 Å². The Kier molecular flexibility index (Phi) is 7.87. The number of nitrogens with two attached hydrogens (primary N) is 1. The third-order valence-corrected chi connectivity index (χ3v) is 5.39. The van der Waals surface area contributed by atoms with E-state index in [2.05, 4.69) is 20.6 Å². The van der Waals surface area contributed by atoms with Crippen molar-refractivity contribution < 1.29 is 18.0 Å². The lowest BCUT2D eigenvalue weighted by Crippen LogP contribution is -2.20. The lowest BCUT2D eigenvalue weighted by molar-refractivity contribution is -0.141. The zero-order valence-electron chi connectivity index (χ0n) is 19.6. The van der Waals surface area contributed by atoms with Gasteiger partial charge in [0, 0.05) is 30.7 Å². The fraction of sp³-hybridized carbons (Fsp3) is 0.120. The second-order valence-corrected chi connectivity index (χ2v) is 8.07. The standard InChI is InChI=1S/C25H21F3N6O2.ClH/c1-14-3-4-17(32-24(36)33-18-5-6-21(31-12-18)25(26,27)28)11-19(14)16-9-20(23(35)34(2)13-16)15-7-8-30-22(29)10-15;/h3-13H,1-2H3,(H2,29,30)(H2,32,33,36);1H. The number of carbonyl (C=O) groups is 1. The van der Waals surface area contributed by atoms with Crippen molar-refractivity contribution in [1.29, 1.82) is 0 Å². The number of aromatic nitrogens is 3. The minimum atomic E-state index is -4.57. The first kappa shape index (κ1) is 27.2. The van der Waals surface area contributed by atoms with Crippen LogP contribution in [0.4, 0.5) is 35.2 Å². The molecule has 8 nitrogen and oxygen atoms in total. The van der Waals surface area contributed by atoms with Crippen molar-refractivity contribution in [2.45, 2.75) is 13.1 Å². The molecule has 3 heterocycles. The van der Waals surface area contributed by atoms with Crippen LogP contribution in [-0.2, 0) is 13.2 Å². The molecule has 0 aliphatic carbocycles. The van der Waals surface area contributed by atoms with Crippen LogP contribution < -0.4 is 21.9 Å². The summed E-state index contributed by atoms with van der Waals surface area (Å²) in [4.78, 5) is 32.5. The second kappa shape index (κ2) is 10.7. The average Bonchev–Trinajstić information content (AvgIpc) is 2.81. The van der Waals surface area contributed by atoms with Crippen molar-refractivity contribution in [2.75, 3.05) is 16.4 Å². The third kappa shape index (κ3) is 6.25. The molecule has 4 rings (SSSR count). The van der Waals surface area contributed by atoms with Gasteiger partial charge in [0.05, 0.1) is 11.9 Å². The Balaban J connectivity index is 0.00000380. The molecular formula is C25H22ClF3N6O2. The summed E-state index contributed by atoms with van der Waals surface area (Å²) in [6.07, 6.45) is -0.418. The van der Waals surface area contributed by atoms with Crippen molar-refractivity contribution in [1.82, 2.24) is 14.5 Å². The third-order valence-electron chi connectivity index (χ3n) is 5.39. The number of amides is 2. The van der Waals surface area contributed by atoms with E-state index in [1.807, 2.05) is 6.92 Å². The molecule has 0 saturated heterocycles. The number of rotatable bonds is 4. The summed E-state index contributed by atoms with van der Waals surface area (Å²) in [5, 5.41) is 5.11. The molecule has 12 heteroatoms. The molecule has 0 aliphatic rings. The Labute approximate surface area is 215 Å². The molecule has 2 amide bonds. The van der Waals surface area contributed by atoms with E-state index >= 15 is 0 Å². The number of alkyl halides is 3. The van der Waals surface area contributed by atoms with Crippen LogP contribution >= 0.6 is 12.4 Å². The highest BCUT2D eigenvalue weighted by atomic mass is 35.5. The van der Waals surface area contributed by atoms with Gasteiger partial charge in [0.15, 0.2) is 0 Å². The maximum atomic E-state index is 12.8. The van der Waals surface area contributed by atoms with Gasteiger partial charge in [-0.25, -0.2) is 14.8 Å². The Morgan fingerprint density at radius 3 is 2.30 bits per heavy atom. The molecule has 37 heavy (non-hydrogen) atoms. The molecule has 0 saturated carbocycles. The van der Waals surface area contributed by atoms with Crippen LogP contribution in [0.15, 0.2) is 71.9 Å². The summed E-state index contributed by atoms with van der Waals surface area (Å²) in [5.74, 6) is 0.289. The van der Waals surface area contributed by atoms with Crippen LogP contribution in [-0.4, -0.2) is 20.6 Å². The summed E-state index contributed by atoms with van der Waals surface area (Å²) in [6, 6.07) is 11.5. The molecule has 0 aliphatic heterocycles. The van der Waals surface area contributed by atoms with E-state index in [1.165, 1.54) is 10.8 Å². The first-order chi connectivity index (χ1) is 17.0. The zero-order valence-corrected chi connectivity index (χ0v) is 20.4. The smallest absolute Gasteiger partial charge is 0.384 e. The van der Waals surface area contributed by atoms with Gasteiger partial charge in [0.1, 0.15) is 11.5 Å². The number of halogens is 4. The van der Waals surface area contributed by atoms with Crippen LogP contribution in [0.5, 0.6) is 0 Å². The van der Waals surface area contributed by atoms with Gasteiger partial charge in [-0.2, -0.15) is 13.2 Å². The number of benzene rings is 1. The van der Waals surface area contributed by atoms with Gasteiger partial charge in [0.25, 0.3) is 5.56 Å². The Morgan fingerprint density at radius 2 is 1.65 bits per heavy atom. The number of anilines is 3. The van der Waals surface area contributed by atoms with Crippen molar-refractivity contribution in [2.24, 2.45) is 7.05 Å². The van der Waals surface area contributed by atoms with Gasteiger partial charge >= 0.3 is 12.2 Å².